The molecule has 0 N–H and O–H groups in total. The molecule has 7 heteroatoms. The van der Waals surface area contributed by atoms with Crippen molar-refractivity contribution in [3.63, 3.8) is 0 Å². The number of pyridine rings is 1. The van der Waals surface area contributed by atoms with Gasteiger partial charge in [0.1, 0.15) is 17.6 Å². The van der Waals surface area contributed by atoms with Crippen LogP contribution in [0, 0.1) is 18.3 Å². The van der Waals surface area contributed by atoms with E-state index < -0.39 is 0 Å². The molecule has 1 aromatic heterocycles. The molecule has 0 atom stereocenters. The van der Waals surface area contributed by atoms with Gasteiger partial charge >= 0.3 is 0 Å². The van der Waals surface area contributed by atoms with Gasteiger partial charge in [0.2, 0.25) is 5.78 Å². The van der Waals surface area contributed by atoms with Gasteiger partial charge in [-0.05, 0) is 18.6 Å². The summed E-state index contributed by atoms with van der Waals surface area (Å²) in [5.74, 6) is 0.909. The Balaban J connectivity index is 0.00000392. The van der Waals surface area contributed by atoms with Crippen molar-refractivity contribution in [1.29, 1.82) is 5.26 Å². The average molecular weight is 464 g/mol. The summed E-state index contributed by atoms with van der Waals surface area (Å²) in [5.41, 5.74) is 3.06. The lowest BCUT2D eigenvalue weighted by Gasteiger charge is -2.28. The molecule has 0 aliphatic heterocycles. The summed E-state index contributed by atoms with van der Waals surface area (Å²) < 4.78 is 5.78. The minimum Gasteiger partial charge on any atom is -1.00 e. The molecule has 0 unspecified atom stereocenters. The molecule has 2 aromatic rings. The van der Waals surface area contributed by atoms with Crippen LogP contribution in [0.3, 0.4) is 0 Å². The Morgan fingerprint density at radius 1 is 1.29 bits per heavy atom. The van der Waals surface area contributed by atoms with Crippen LogP contribution in [0.25, 0.3) is 0 Å². The maximum absolute atomic E-state index is 12.5. The molecule has 1 aromatic carbocycles. The lowest BCUT2D eigenvalue weighted by atomic mass is 10.1. The summed E-state index contributed by atoms with van der Waals surface area (Å²) in [4.78, 5) is 17.0. The number of likely N-dealkylation sites (N-methyl/N-ethyl adjacent to an activating group) is 1. The molecule has 0 spiro atoms. The second-order valence-electron chi connectivity index (χ2n) is 7.10. The number of methoxy groups -OCH3 is 1. The zero-order valence-electron chi connectivity index (χ0n) is 16.7. The summed E-state index contributed by atoms with van der Waals surface area (Å²) >= 11 is 1.56. The van der Waals surface area contributed by atoms with Crippen LogP contribution in [-0.4, -0.2) is 55.3 Å². The van der Waals surface area contributed by atoms with Crippen molar-refractivity contribution in [2.75, 3.05) is 40.0 Å². The highest BCUT2D eigenvalue weighted by molar-refractivity contribution is 7.99. The van der Waals surface area contributed by atoms with Crippen molar-refractivity contribution in [2.45, 2.75) is 18.6 Å². The Morgan fingerprint density at radius 2 is 1.96 bits per heavy atom. The van der Waals surface area contributed by atoms with Gasteiger partial charge in [0.25, 0.3) is 0 Å². The third-order valence-corrected chi connectivity index (χ3v) is 5.17. The summed E-state index contributed by atoms with van der Waals surface area (Å²) in [6, 6.07) is 13.5. The van der Waals surface area contributed by atoms with Gasteiger partial charge in [0, 0.05) is 24.1 Å². The number of rotatable bonds is 9. The molecular weight excluding hydrogens is 438 g/mol. The number of quaternary nitrogens is 1. The molecule has 28 heavy (non-hydrogen) atoms. The fraction of sp³-hybridized carbons (Fsp3) is 0.381. The van der Waals surface area contributed by atoms with E-state index >= 15 is 0 Å². The summed E-state index contributed by atoms with van der Waals surface area (Å²) in [7, 11) is 5.72. The number of nitrogens with zero attached hydrogens (tertiary/aromatic N) is 3. The van der Waals surface area contributed by atoms with Crippen molar-refractivity contribution in [3.05, 3.63) is 58.8 Å². The highest BCUT2D eigenvalue weighted by Gasteiger charge is 2.21. The Bertz CT molecular complexity index is 836. The normalized spacial score (nSPS) is 10.8. The van der Waals surface area contributed by atoms with Gasteiger partial charge in [-0.3, -0.25) is 4.79 Å². The van der Waals surface area contributed by atoms with Gasteiger partial charge in [0.05, 0.1) is 32.8 Å². The number of nitriles is 1. The lowest BCUT2D eigenvalue weighted by Crippen LogP contribution is -3.00. The fourth-order valence-corrected chi connectivity index (χ4v) is 4.08. The van der Waals surface area contributed by atoms with Crippen molar-refractivity contribution in [3.8, 4) is 6.07 Å². The van der Waals surface area contributed by atoms with Gasteiger partial charge < -0.3 is 26.2 Å². The van der Waals surface area contributed by atoms with Crippen LogP contribution in [0.4, 0.5) is 0 Å². The van der Waals surface area contributed by atoms with Gasteiger partial charge in [-0.2, -0.15) is 5.26 Å². The van der Waals surface area contributed by atoms with E-state index in [1.807, 2.05) is 57.4 Å². The highest BCUT2D eigenvalue weighted by Crippen LogP contribution is 2.25. The van der Waals surface area contributed by atoms with E-state index in [4.69, 9.17) is 4.74 Å². The molecule has 0 radical (unpaired) electrons. The Hall–Kier alpha value is -1.72. The predicted molar refractivity (Wildman–Crippen MR) is 108 cm³/mol. The number of hydrogen-bond donors (Lipinski definition) is 0. The molecule has 0 fully saturated rings. The number of ether oxygens (including phenoxy) is 1. The zero-order valence-corrected chi connectivity index (χ0v) is 19.1. The first-order valence-electron chi connectivity index (χ1n) is 8.79. The largest absolute Gasteiger partial charge is 1.00 e. The molecular formula is C21H26BrN3O2S. The van der Waals surface area contributed by atoms with Crippen molar-refractivity contribution in [1.82, 2.24) is 4.98 Å². The molecule has 0 aliphatic rings. The number of carbonyl (C=O) groups excluding carboxylic acids is 1. The average Bonchev–Trinajstić information content (AvgIpc) is 2.62. The number of benzene rings is 1. The number of aryl methyl sites for hydroxylation is 1. The molecule has 0 saturated heterocycles. The second kappa shape index (κ2) is 11.3. The standard InChI is InChI=1S/C21H26N3O2S.BrH/c1-16-12-18(15-26-4)19(13-22)21(23-16)27-11-10-24(2,3)14-20(25)17-8-6-5-7-9-17;/h5-9,12H,10-11,14-15H2,1-4H3;1H/q+1;/p-1. The van der Waals surface area contributed by atoms with Gasteiger partial charge in [-0.1, -0.05) is 42.1 Å². The third kappa shape index (κ3) is 7.02. The van der Waals surface area contributed by atoms with Gasteiger partial charge in [0.15, 0.2) is 0 Å². The Kier molecular flexibility index (Phi) is 9.83. The summed E-state index contributed by atoms with van der Waals surface area (Å²) in [6.45, 7) is 3.55. The van der Waals surface area contributed by atoms with Crippen LogP contribution in [-0.2, 0) is 11.3 Å². The highest BCUT2D eigenvalue weighted by atomic mass is 79.9. The molecule has 1 heterocycles. The van der Waals surface area contributed by atoms with Gasteiger partial charge in [-0.15, -0.1) is 0 Å². The van der Waals surface area contributed by atoms with Crippen LogP contribution in [0.5, 0.6) is 0 Å². The molecule has 0 saturated carbocycles. The minimum absolute atomic E-state index is 0. The topological polar surface area (TPSA) is 63.0 Å². The minimum atomic E-state index is 0. The maximum Gasteiger partial charge on any atom is 0.216 e. The SMILES string of the molecule is COCc1cc(C)nc(SCC[N+](C)(C)CC(=O)c2ccccc2)c1C#N.[Br-]. The van der Waals surface area contributed by atoms with E-state index in [0.717, 1.165) is 34.1 Å². The fourth-order valence-electron chi connectivity index (χ4n) is 2.78. The van der Waals surface area contributed by atoms with E-state index in [-0.39, 0.29) is 22.8 Å². The third-order valence-electron chi connectivity index (χ3n) is 4.21. The number of ketones is 1. The first kappa shape index (κ1) is 24.3. The first-order valence-corrected chi connectivity index (χ1v) is 9.77. The number of aromatic nitrogens is 1. The molecule has 0 aliphatic carbocycles. The molecule has 2 rings (SSSR count). The van der Waals surface area contributed by atoms with Crippen LogP contribution in [0.1, 0.15) is 27.2 Å². The summed E-state index contributed by atoms with van der Waals surface area (Å²) in [6.07, 6.45) is 0. The maximum atomic E-state index is 12.5. The number of carbonyl (C=O) groups is 1. The predicted octanol–water partition coefficient (Wildman–Crippen LogP) is 0.464. The number of Topliss-reactive ketones (excluding diaryl/α,β-unsaturated/α-hetero) is 1. The van der Waals surface area contributed by atoms with E-state index in [2.05, 4.69) is 11.1 Å². The summed E-state index contributed by atoms with van der Waals surface area (Å²) in [5, 5.41) is 10.2. The van der Waals surface area contributed by atoms with Gasteiger partial charge in [-0.25, -0.2) is 4.98 Å². The number of thioether (sulfide) groups is 1. The Morgan fingerprint density at radius 3 is 2.57 bits per heavy atom. The van der Waals surface area contributed by atoms with E-state index in [0.29, 0.717) is 23.2 Å². The van der Waals surface area contributed by atoms with Crippen LogP contribution in [0.2, 0.25) is 0 Å². The number of halogens is 1. The van der Waals surface area contributed by atoms with E-state index in [1.165, 1.54) is 0 Å². The van der Waals surface area contributed by atoms with Crippen molar-refractivity contribution >= 4 is 17.5 Å². The molecule has 5 nitrogen and oxygen atoms in total. The molecule has 150 valence electrons. The smallest absolute Gasteiger partial charge is 0.216 e. The van der Waals surface area contributed by atoms with Crippen LogP contribution < -0.4 is 17.0 Å². The Labute approximate surface area is 182 Å². The van der Waals surface area contributed by atoms with Crippen molar-refractivity contribution < 1.29 is 31.0 Å². The quantitative estimate of drug-likeness (QED) is 0.307. The monoisotopic (exact) mass is 463 g/mol. The van der Waals surface area contributed by atoms with Crippen molar-refractivity contribution in [2.24, 2.45) is 0 Å². The van der Waals surface area contributed by atoms with Crippen LogP contribution >= 0.6 is 11.8 Å². The zero-order chi connectivity index (χ0) is 19.9. The molecule has 0 bridgehead atoms. The second-order valence-corrected chi connectivity index (χ2v) is 8.19. The lowest BCUT2D eigenvalue weighted by molar-refractivity contribution is -0.879. The van der Waals surface area contributed by atoms with E-state index in [9.17, 15) is 10.1 Å². The van der Waals surface area contributed by atoms with Crippen LogP contribution in [0.15, 0.2) is 41.4 Å². The van der Waals surface area contributed by atoms with E-state index in [1.54, 1.807) is 18.9 Å². The number of hydrogen-bond acceptors (Lipinski definition) is 5. The molecule has 0 amide bonds. The first-order chi connectivity index (χ1) is 12.9.